The maximum absolute atomic E-state index is 13.3. The number of nitrogens with zero attached hydrogens (tertiary/aromatic N) is 6. The minimum absolute atomic E-state index is 0.103. The molecule has 0 aliphatic carbocycles. The molecule has 7 heteroatoms. The molecule has 0 atom stereocenters. The maximum atomic E-state index is 13.3. The van der Waals surface area contributed by atoms with Crippen molar-refractivity contribution in [2.24, 2.45) is 5.41 Å². The smallest absolute Gasteiger partial charge is 0.260 e. The summed E-state index contributed by atoms with van der Waals surface area (Å²) in [5, 5.41) is 1.34. The van der Waals surface area contributed by atoms with Crippen LogP contribution in [0.15, 0.2) is 78.5 Å². The van der Waals surface area contributed by atoms with Crippen molar-refractivity contribution in [1.29, 1.82) is 0 Å². The second kappa shape index (κ2) is 9.88. The van der Waals surface area contributed by atoms with E-state index in [0.717, 1.165) is 47.5 Å². The highest BCUT2D eigenvalue weighted by atomic mass is 16.1. The van der Waals surface area contributed by atoms with Crippen molar-refractivity contribution in [1.82, 2.24) is 28.8 Å². The first-order valence-electron chi connectivity index (χ1n) is 13.0. The van der Waals surface area contributed by atoms with E-state index in [1.165, 1.54) is 18.4 Å². The van der Waals surface area contributed by atoms with E-state index in [-0.39, 0.29) is 5.56 Å². The van der Waals surface area contributed by atoms with Crippen molar-refractivity contribution < 1.29 is 0 Å². The molecular weight excluding hydrogens is 472 g/mol. The predicted octanol–water partition coefficient (Wildman–Crippen LogP) is 4.51. The number of hydrogen-bond acceptors (Lipinski definition) is 5. The largest absolute Gasteiger partial charge is 0.309 e. The van der Waals surface area contributed by atoms with Gasteiger partial charge >= 0.3 is 0 Å². The molecule has 7 nitrogen and oxygen atoms in total. The van der Waals surface area contributed by atoms with Crippen molar-refractivity contribution >= 4 is 16.4 Å². The van der Waals surface area contributed by atoms with Crippen LogP contribution in [0, 0.1) is 17.3 Å². The Morgan fingerprint density at radius 3 is 2.53 bits per heavy atom. The number of imidazole rings is 1. The van der Waals surface area contributed by atoms with Gasteiger partial charge in [0, 0.05) is 60.9 Å². The first kappa shape index (κ1) is 24.1. The molecule has 0 spiro atoms. The van der Waals surface area contributed by atoms with E-state index >= 15 is 0 Å². The van der Waals surface area contributed by atoms with Gasteiger partial charge < -0.3 is 8.97 Å². The Morgan fingerprint density at radius 2 is 1.71 bits per heavy atom. The molecule has 0 aromatic carbocycles. The third kappa shape index (κ3) is 5.09. The van der Waals surface area contributed by atoms with Crippen LogP contribution in [0.1, 0.15) is 49.1 Å². The number of likely N-dealkylation sites (tertiary alicyclic amines) is 1. The number of rotatable bonds is 4. The fourth-order valence-corrected chi connectivity index (χ4v) is 5.02. The first-order valence-corrected chi connectivity index (χ1v) is 13.0. The highest BCUT2D eigenvalue weighted by Crippen LogP contribution is 2.30. The lowest BCUT2D eigenvalue weighted by Crippen LogP contribution is -2.36. The zero-order chi connectivity index (χ0) is 26.1. The minimum Gasteiger partial charge on any atom is -0.309 e. The van der Waals surface area contributed by atoms with E-state index in [1.54, 1.807) is 29.4 Å². The van der Waals surface area contributed by atoms with E-state index in [9.17, 15) is 4.79 Å². The molecule has 0 bridgehead atoms. The molecule has 5 aromatic rings. The molecule has 6 rings (SSSR count). The summed E-state index contributed by atoms with van der Waals surface area (Å²) in [6.07, 6.45) is 15.2. The van der Waals surface area contributed by atoms with Crippen molar-refractivity contribution in [2.45, 2.75) is 39.8 Å². The summed E-state index contributed by atoms with van der Waals surface area (Å²) in [5.41, 5.74) is 4.92. The first-order chi connectivity index (χ1) is 18.4. The van der Waals surface area contributed by atoms with E-state index in [2.05, 4.69) is 63.3 Å². The van der Waals surface area contributed by atoms with Crippen molar-refractivity contribution in [3.05, 3.63) is 106 Å². The van der Waals surface area contributed by atoms with Gasteiger partial charge in [0.15, 0.2) is 0 Å². The normalized spacial score (nSPS) is 15.4. The highest BCUT2D eigenvalue weighted by molar-refractivity contribution is 5.86. The van der Waals surface area contributed by atoms with Gasteiger partial charge in [-0.1, -0.05) is 31.8 Å². The Kier molecular flexibility index (Phi) is 6.26. The van der Waals surface area contributed by atoms with Crippen LogP contribution in [-0.4, -0.2) is 41.9 Å². The van der Waals surface area contributed by atoms with Gasteiger partial charge in [-0.05, 0) is 61.2 Å². The van der Waals surface area contributed by atoms with Crippen molar-refractivity contribution in [3.63, 3.8) is 0 Å². The summed E-state index contributed by atoms with van der Waals surface area (Å²) < 4.78 is 3.75. The summed E-state index contributed by atoms with van der Waals surface area (Å²) >= 11 is 0. The molecule has 1 aliphatic heterocycles. The summed E-state index contributed by atoms with van der Waals surface area (Å²) in [7, 11) is 0. The number of aromatic nitrogens is 5. The van der Waals surface area contributed by atoms with E-state index in [0.29, 0.717) is 17.3 Å². The molecule has 1 saturated heterocycles. The number of hydrogen-bond donors (Lipinski definition) is 0. The molecular formula is C31H30N6O. The summed E-state index contributed by atoms with van der Waals surface area (Å²) in [4.78, 5) is 28.9. The molecule has 190 valence electrons. The fraction of sp³-hybridized carbons (Fsp3) is 0.290. The second-order valence-corrected chi connectivity index (χ2v) is 10.9. The molecule has 38 heavy (non-hydrogen) atoms. The predicted molar refractivity (Wildman–Crippen MR) is 149 cm³/mol. The lowest BCUT2D eigenvalue weighted by atomic mass is 9.82. The van der Waals surface area contributed by atoms with Gasteiger partial charge in [0.1, 0.15) is 5.65 Å². The van der Waals surface area contributed by atoms with Gasteiger partial charge in [-0.15, -0.1) is 0 Å². The lowest BCUT2D eigenvalue weighted by Gasteiger charge is -2.36. The monoisotopic (exact) mass is 502 g/mol. The molecule has 0 unspecified atom stereocenters. The van der Waals surface area contributed by atoms with Gasteiger partial charge in [0.25, 0.3) is 5.56 Å². The average molecular weight is 503 g/mol. The summed E-state index contributed by atoms with van der Waals surface area (Å²) in [6.45, 7) is 8.33. The topological polar surface area (TPSA) is 68.3 Å². The van der Waals surface area contributed by atoms with Crippen molar-refractivity contribution in [2.75, 3.05) is 13.1 Å². The van der Waals surface area contributed by atoms with Crippen LogP contribution in [0.4, 0.5) is 0 Å². The van der Waals surface area contributed by atoms with Crippen molar-refractivity contribution in [3.8, 4) is 11.8 Å². The van der Waals surface area contributed by atoms with Gasteiger partial charge in [-0.2, -0.15) is 0 Å². The standard InChI is InChI=1S/C31H30N6O/c1-31(2)10-15-35(16-11-31)19-24-4-6-29-34-26(22-37(29)20-24)21-36-14-9-27-25(17-33-18-28(27)30(36)38)5-3-23-7-12-32-13-8-23/h4,6-9,12-14,17-18,20,22H,10-11,15-16,19,21H2,1-2H3. The third-order valence-corrected chi connectivity index (χ3v) is 7.43. The molecule has 5 aromatic heterocycles. The van der Waals surface area contributed by atoms with E-state index in [4.69, 9.17) is 4.98 Å². The van der Waals surface area contributed by atoms with Crippen LogP contribution in [0.5, 0.6) is 0 Å². The molecule has 1 fully saturated rings. The van der Waals surface area contributed by atoms with Crippen LogP contribution in [0.3, 0.4) is 0 Å². The second-order valence-electron chi connectivity index (χ2n) is 10.9. The van der Waals surface area contributed by atoms with Crippen LogP contribution in [0.25, 0.3) is 16.4 Å². The highest BCUT2D eigenvalue weighted by Gasteiger charge is 2.25. The number of fused-ring (bicyclic) bond motifs is 2. The molecule has 6 heterocycles. The maximum Gasteiger partial charge on any atom is 0.260 e. The number of pyridine rings is 4. The fourth-order valence-electron chi connectivity index (χ4n) is 5.02. The Balaban J connectivity index is 1.22. The lowest BCUT2D eigenvalue weighted by molar-refractivity contribution is 0.127. The van der Waals surface area contributed by atoms with Crippen LogP contribution in [-0.2, 0) is 13.1 Å². The van der Waals surface area contributed by atoms with Crippen LogP contribution in [0.2, 0.25) is 0 Å². The summed E-state index contributed by atoms with van der Waals surface area (Å²) in [6, 6.07) is 9.86. The quantitative estimate of drug-likeness (QED) is 0.338. The third-order valence-electron chi connectivity index (χ3n) is 7.43. The Labute approximate surface area is 221 Å². The minimum atomic E-state index is -0.103. The molecule has 1 aliphatic rings. The molecule has 0 amide bonds. The number of piperidine rings is 1. The summed E-state index contributed by atoms with van der Waals surface area (Å²) in [5.74, 6) is 6.27. The van der Waals surface area contributed by atoms with Crippen LogP contribution >= 0.6 is 0 Å². The SMILES string of the molecule is CC1(C)CCN(Cc2ccc3nc(Cn4ccc5c(C#Cc6ccncc6)cncc5c4=O)cn3c2)CC1. The Hall–Kier alpha value is -4.28. The molecule has 0 saturated carbocycles. The molecule has 0 radical (unpaired) electrons. The zero-order valence-electron chi connectivity index (χ0n) is 21.8. The van der Waals surface area contributed by atoms with Gasteiger partial charge in [-0.3, -0.25) is 19.7 Å². The Morgan fingerprint density at radius 1 is 0.895 bits per heavy atom. The Bertz CT molecular complexity index is 1730. The molecule has 0 N–H and O–H groups in total. The average Bonchev–Trinajstić information content (AvgIpc) is 3.32. The van der Waals surface area contributed by atoms with E-state index in [1.807, 2.05) is 30.6 Å². The van der Waals surface area contributed by atoms with E-state index < -0.39 is 0 Å². The van der Waals surface area contributed by atoms with Gasteiger partial charge in [0.05, 0.1) is 23.2 Å². The van der Waals surface area contributed by atoms with Gasteiger partial charge in [-0.25, -0.2) is 4.98 Å². The zero-order valence-corrected chi connectivity index (χ0v) is 21.8. The van der Waals surface area contributed by atoms with Gasteiger partial charge in [0.2, 0.25) is 0 Å². The van der Waals surface area contributed by atoms with Crippen LogP contribution < -0.4 is 5.56 Å².